The number of pyridine rings is 1. The average molecular weight is 336 g/mol. The van der Waals surface area contributed by atoms with Crippen LogP contribution in [0.25, 0.3) is 21.9 Å². The van der Waals surface area contributed by atoms with Crippen molar-refractivity contribution in [1.29, 1.82) is 0 Å². The third-order valence-electron chi connectivity index (χ3n) is 4.02. The zero-order chi connectivity index (χ0) is 17.3. The fourth-order valence-corrected chi connectivity index (χ4v) is 3.05. The third kappa shape index (κ3) is 3.10. The van der Waals surface area contributed by atoms with Gasteiger partial charge in [0.1, 0.15) is 4.99 Å². The Hall–Kier alpha value is -2.46. The van der Waals surface area contributed by atoms with Gasteiger partial charge in [-0.25, -0.2) is 0 Å². The molecule has 0 amide bonds. The van der Waals surface area contributed by atoms with Gasteiger partial charge in [-0.1, -0.05) is 62.5 Å². The quantitative estimate of drug-likeness (QED) is 0.734. The Morgan fingerprint density at radius 1 is 1.12 bits per heavy atom. The molecule has 0 spiro atoms. The van der Waals surface area contributed by atoms with E-state index in [9.17, 15) is 4.79 Å². The van der Waals surface area contributed by atoms with Gasteiger partial charge in [-0.3, -0.25) is 4.79 Å². The van der Waals surface area contributed by atoms with Gasteiger partial charge in [-0.2, -0.15) is 0 Å². The monoisotopic (exact) mass is 336 g/mol. The van der Waals surface area contributed by atoms with Gasteiger partial charge in [-0.05, 0) is 29.0 Å². The van der Waals surface area contributed by atoms with Gasteiger partial charge in [0, 0.05) is 29.3 Å². The Bertz CT molecular complexity index is 959. The summed E-state index contributed by atoms with van der Waals surface area (Å²) in [5.41, 5.74) is 8.66. The number of hydrogen-bond donors (Lipinski definition) is 1. The summed E-state index contributed by atoms with van der Waals surface area (Å²) >= 11 is 5.10. The summed E-state index contributed by atoms with van der Waals surface area (Å²) in [4.78, 5) is 13.2. The Labute approximate surface area is 146 Å². The number of thiocarbonyl (C=S) groups is 1. The molecule has 0 saturated carbocycles. The first kappa shape index (κ1) is 16.4. The minimum Gasteiger partial charge on any atom is -0.389 e. The molecular formula is C20H20N2OS. The first-order chi connectivity index (χ1) is 11.5. The van der Waals surface area contributed by atoms with Crippen LogP contribution in [0.2, 0.25) is 0 Å². The maximum absolute atomic E-state index is 12.8. The lowest BCUT2D eigenvalue weighted by atomic mass is 9.98. The lowest BCUT2D eigenvalue weighted by Crippen LogP contribution is -2.23. The lowest BCUT2D eigenvalue weighted by molar-refractivity contribution is 0.514. The van der Waals surface area contributed by atoms with Crippen LogP contribution in [0.5, 0.6) is 0 Å². The van der Waals surface area contributed by atoms with Crippen molar-refractivity contribution in [2.75, 3.05) is 0 Å². The molecule has 24 heavy (non-hydrogen) atoms. The van der Waals surface area contributed by atoms with Crippen LogP contribution in [0.3, 0.4) is 0 Å². The molecule has 0 aliphatic heterocycles. The first-order valence-electron chi connectivity index (χ1n) is 8.00. The fraction of sp³-hybridized carbons (Fsp3) is 0.200. The van der Waals surface area contributed by atoms with Crippen LogP contribution in [-0.2, 0) is 6.54 Å². The number of benzene rings is 2. The second-order valence-corrected chi connectivity index (χ2v) is 6.82. The maximum Gasteiger partial charge on any atom is 0.258 e. The predicted molar refractivity (Wildman–Crippen MR) is 104 cm³/mol. The van der Waals surface area contributed by atoms with E-state index in [-0.39, 0.29) is 5.56 Å². The Kier molecular flexibility index (Phi) is 4.49. The molecule has 0 aliphatic carbocycles. The molecule has 2 N–H and O–H groups in total. The van der Waals surface area contributed by atoms with Gasteiger partial charge in [0.15, 0.2) is 0 Å². The van der Waals surface area contributed by atoms with E-state index >= 15 is 0 Å². The number of nitrogens with two attached hydrogens (primary N) is 1. The summed E-state index contributed by atoms with van der Waals surface area (Å²) in [6, 6.07) is 15.6. The minimum atomic E-state index is 0.0212. The molecular weight excluding hydrogens is 316 g/mol. The van der Waals surface area contributed by atoms with E-state index in [1.807, 2.05) is 54.7 Å². The van der Waals surface area contributed by atoms with Crippen LogP contribution >= 0.6 is 12.2 Å². The average Bonchev–Trinajstić information content (AvgIpc) is 2.57. The normalized spacial score (nSPS) is 11.1. The van der Waals surface area contributed by atoms with Crippen molar-refractivity contribution in [2.24, 2.45) is 11.7 Å². The van der Waals surface area contributed by atoms with E-state index in [1.54, 1.807) is 4.57 Å². The summed E-state index contributed by atoms with van der Waals surface area (Å²) < 4.78 is 1.80. The van der Waals surface area contributed by atoms with E-state index in [2.05, 4.69) is 13.8 Å². The van der Waals surface area contributed by atoms with Gasteiger partial charge in [0.05, 0.1) is 0 Å². The van der Waals surface area contributed by atoms with E-state index in [1.165, 1.54) is 0 Å². The van der Waals surface area contributed by atoms with Crippen LogP contribution in [0, 0.1) is 5.92 Å². The Balaban J connectivity index is 2.37. The molecule has 122 valence electrons. The number of nitrogens with zero attached hydrogens (tertiary/aromatic N) is 1. The number of hydrogen-bond acceptors (Lipinski definition) is 2. The Morgan fingerprint density at radius 3 is 2.46 bits per heavy atom. The van der Waals surface area contributed by atoms with Crippen molar-refractivity contribution in [3.63, 3.8) is 0 Å². The SMILES string of the molecule is CC(C)Cn1cc(-c2ccccc2)c2cc(C(N)=S)ccc2c1=O. The van der Waals surface area contributed by atoms with Crippen molar-refractivity contribution in [2.45, 2.75) is 20.4 Å². The largest absolute Gasteiger partial charge is 0.389 e. The summed E-state index contributed by atoms with van der Waals surface area (Å²) in [6.07, 6.45) is 1.95. The standard InChI is InChI=1S/C20H20N2OS/c1-13(2)11-22-12-18(14-6-4-3-5-7-14)17-10-15(19(21)24)8-9-16(17)20(22)23/h3-10,12-13H,11H2,1-2H3,(H2,21,24). The highest BCUT2D eigenvalue weighted by atomic mass is 32.1. The van der Waals surface area contributed by atoms with E-state index in [0.29, 0.717) is 22.8 Å². The van der Waals surface area contributed by atoms with Gasteiger partial charge in [0.2, 0.25) is 0 Å². The molecule has 4 heteroatoms. The molecule has 0 fully saturated rings. The van der Waals surface area contributed by atoms with Crippen molar-refractivity contribution in [3.05, 3.63) is 70.6 Å². The molecule has 2 aromatic carbocycles. The summed E-state index contributed by atoms with van der Waals surface area (Å²) in [5.74, 6) is 0.389. The lowest BCUT2D eigenvalue weighted by Gasteiger charge is -2.15. The molecule has 1 heterocycles. The van der Waals surface area contributed by atoms with E-state index < -0.39 is 0 Å². The highest BCUT2D eigenvalue weighted by Gasteiger charge is 2.12. The third-order valence-corrected chi connectivity index (χ3v) is 4.25. The van der Waals surface area contributed by atoms with Crippen molar-refractivity contribution < 1.29 is 0 Å². The van der Waals surface area contributed by atoms with Crippen LogP contribution in [-0.4, -0.2) is 9.56 Å². The van der Waals surface area contributed by atoms with E-state index in [4.69, 9.17) is 18.0 Å². The second-order valence-electron chi connectivity index (χ2n) is 6.38. The summed E-state index contributed by atoms with van der Waals surface area (Å²) in [7, 11) is 0. The molecule has 0 unspecified atom stereocenters. The molecule has 0 radical (unpaired) electrons. The van der Waals surface area contributed by atoms with Crippen LogP contribution in [0.15, 0.2) is 59.5 Å². The molecule has 0 atom stereocenters. The molecule has 1 aromatic heterocycles. The summed E-state index contributed by atoms with van der Waals surface area (Å²) in [5, 5.41) is 1.58. The topological polar surface area (TPSA) is 48.0 Å². The Morgan fingerprint density at radius 2 is 1.83 bits per heavy atom. The highest BCUT2D eigenvalue weighted by Crippen LogP contribution is 2.27. The van der Waals surface area contributed by atoms with Crippen LogP contribution < -0.4 is 11.3 Å². The molecule has 3 rings (SSSR count). The molecule has 0 saturated heterocycles. The van der Waals surface area contributed by atoms with Gasteiger partial charge in [0.25, 0.3) is 5.56 Å². The molecule has 0 aliphatic rings. The highest BCUT2D eigenvalue weighted by molar-refractivity contribution is 7.80. The van der Waals surface area contributed by atoms with Gasteiger partial charge in [-0.15, -0.1) is 0 Å². The van der Waals surface area contributed by atoms with Crippen LogP contribution in [0.4, 0.5) is 0 Å². The number of rotatable bonds is 4. The van der Waals surface area contributed by atoms with Gasteiger partial charge >= 0.3 is 0 Å². The van der Waals surface area contributed by atoms with Crippen molar-refractivity contribution in [3.8, 4) is 11.1 Å². The van der Waals surface area contributed by atoms with Crippen LogP contribution in [0.1, 0.15) is 19.4 Å². The van der Waals surface area contributed by atoms with Gasteiger partial charge < -0.3 is 10.3 Å². The first-order valence-corrected chi connectivity index (χ1v) is 8.40. The molecule has 0 bridgehead atoms. The molecule has 3 nitrogen and oxygen atoms in total. The zero-order valence-corrected chi connectivity index (χ0v) is 14.6. The van der Waals surface area contributed by atoms with E-state index in [0.717, 1.165) is 22.1 Å². The molecule has 3 aromatic rings. The fourth-order valence-electron chi connectivity index (χ4n) is 2.92. The number of aromatic nitrogens is 1. The maximum atomic E-state index is 12.8. The second kappa shape index (κ2) is 6.57. The summed E-state index contributed by atoms with van der Waals surface area (Å²) in [6.45, 7) is 4.90. The van der Waals surface area contributed by atoms with Crippen molar-refractivity contribution >= 4 is 28.0 Å². The van der Waals surface area contributed by atoms with Crippen molar-refractivity contribution in [1.82, 2.24) is 4.57 Å². The number of fused-ring (bicyclic) bond motifs is 1. The minimum absolute atomic E-state index is 0.0212. The zero-order valence-electron chi connectivity index (χ0n) is 13.8. The predicted octanol–water partition coefficient (Wildman–Crippen LogP) is 3.96. The smallest absolute Gasteiger partial charge is 0.258 e.